The first-order valence-electron chi connectivity index (χ1n) is 10.2. The number of aromatic nitrogens is 1. The Labute approximate surface area is 189 Å². The second-order valence-electron chi connectivity index (χ2n) is 7.28. The summed E-state index contributed by atoms with van der Waals surface area (Å²) >= 11 is 0. The molecule has 0 saturated heterocycles. The maximum absolute atomic E-state index is 13.5. The van der Waals surface area contributed by atoms with E-state index in [1.165, 1.54) is 34.6 Å². The van der Waals surface area contributed by atoms with Crippen molar-refractivity contribution in [2.45, 2.75) is 36.5 Å². The molecular formula is C23H26N2O5S2. The summed E-state index contributed by atoms with van der Waals surface area (Å²) in [6.07, 6.45) is 2.64. The van der Waals surface area contributed by atoms with Crippen molar-refractivity contribution in [1.29, 1.82) is 0 Å². The minimum atomic E-state index is -4.38. The van der Waals surface area contributed by atoms with Crippen LogP contribution in [0.5, 0.6) is 5.75 Å². The average molecular weight is 475 g/mol. The predicted molar refractivity (Wildman–Crippen MR) is 122 cm³/mol. The average Bonchev–Trinajstić information content (AvgIpc) is 2.77. The van der Waals surface area contributed by atoms with E-state index >= 15 is 0 Å². The Balaban J connectivity index is 1.94. The molecule has 9 heteroatoms. The maximum Gasteiger partial charge on any atom is 0.340 e. The third-order valence-electron chi connectivity index (χ3n) is 4.75. The molecule has 32 heavy (non-hydrogen) atoms. The number of rotatable bonds is 10. The van der Waals surface area contributed by atoms with Gasteiger partial charge in [-0.25, -0.2) is 8.42 Å². The number of benzene rings is 2. The summed E-state index contributed by atoms with van der Waals surface area (Å²) in [5.74, 6) is 0.123. The van der Waals surface area contributed by atoms with Crippen LogP contribution in [0.15, 0.2) is 82.7 Å². The van der Waals surface area contributed by atoms with Crippen LogP contribution < -0.4 is 4.18 Å². The Morgan fingerprint density at radius 1 is 0.875 bits per heavy atom. The summed E-state index contributed by atoms with van der Waals surface area (Å²) < 4.78 is 59.6. The van der Waals surface area contributed by atoms with E-state index in [2.05, 4.69) is 4.98 Å². The Hall–Kier alpha value is -2.75. The summed E-state index contributed by atoms with van der Waals surface area (Å²) in [6.45, 7) is 4.11. The predicted octanol–water partition coefficient (Wildman–Crippen LogP) is 3.80. The minimum Gasteiger partial charge on any atom is -0.379 e. The van der Waals surface area contributed by atoms with Crippen LogP contribution in [0.25, 0.3) is 0 Å². The Kier molecular flexibility index (Phi) is 7.65. The Morgan fingerprint density at radius 3 is 2.25 bits per heavy atom. The highest BCUT2D eigenvalue weighted by molar-refractivity contribution is 7.91. The topological polar surface area (TPSA) is 93.6 Å². The fourth-order valence-electron chi connectivity index (χ4n) is 3.23. The zero-order valence-electron chi connectivity index (χ0n) is 18.0. The van der Waals surface area contributed by atoms with Crippen LogP contribution in [0.4, 0.5) is 0 Å². The molecule has 1 aromatic heterocycles. The lowest BCUT2D eigenvalue weighted by Gasteiger charge is -2.23. The van der Waals surface area contributed by atoms with Gasteiger partial charge in [-0.2, -0.15) is 12.7 Å². The number of sulfonamides is 1. The molecule has 7 nitrogen and oxygen atoms in total. The molecule has 0 fully saturated rings. The van der Waals surface area contributed by atoms with Gasteiger partial charge < -0.3 is 4.18 Å². The van der Waals surface area contributed by atoms with Gasteiger partial charge in [0.15, 0.2) is 0 Å². The van der Waals surface area contributed by atoms with Crippen molar-refractivity contribution in [1.82, 2.24) is 9.29 Å². The molecule has 0 spiro atoms. The molecule has 0 aliphatic heterocycles. The zero-order valence-corrected chi connectivity index (χ0v) is 19.6. The van der Waals surface area contributed by atoms with Crippen molar-refractivity contribution in [3.63, 3.8) is 0 Å². The van der Waals surface area contributed by atoms with Crippen LogP contribution in [0.2, 0.25) is 0 Å². The van der Waals surface area contributed by atoms with Crippen molar-refractivity contribution in [2.75, 3.05) is 13.1 Å². The molecule has 3 rings (SSSR count). The van der Waals surface area contributed by atoms with Crippen molar-refractivity contribution in [3.8, 4) is 5.75 Å². The van der Waals surface area contributed by atoms with E-state index in [-0.39, 0.29) is 28.6 Å². The quantitative estimate of drug-likeness (QED) is 0.415. The third-order valence-corrected chi connectivity index (χ3v) is 8.14. The van der Waals surface area contributed by atoms with E-state index < -0.39 is 20.1 Å². The lowest BCUT2D eigenvalue weighted by Crippen LogP contribution is -2.34. The van der Waals surface area contributed by atoms with Crippen molar-refractivity contribution < 1.29 is 21.0 Å². The van der Waals surface area contributed by atoms with E-state index in [1.807, 2.05) is 32.0 Å². The second kappa shape index (κ2) is 10.2. The number of hydrogen-bond acceptors (Lipinski definition) is 6. The van der Waals surface area contributed by atoms with Gasteiger partial charge in [0.2, 0.25) is 10.0 Å². The minimum absolute atomic E-state index is 0.123. The highest BCUT2D eigenvalue weighted by atomic mass is 32.2. The summed E-state index contributed by atoms with van der Waals surface area (Å²) in [6, 6.07) is 17.5. The smallest absolute Gasteiger partial charge is 0.340 e. The molecule has 0 N–H and O–H groups in total. The highest BCUT2D eigenvalue weighted by Gasteiger charge is 2.32. The molecule has 0 saturated carbocycles. The standard InChI is InChI=1S/C23H26N2O5S2/c1-3-16-25(17-14-20-10-6-7-15-24-20)31(26,27)22-12-4-5-13-23(22)32(28,29)30-21-11-8-9-19(2)18-21/h4-13,15,18H,3,14,16-17H2,1-2H3. The Morgan fingerprint density at radius 2 is 1.59 bits per heavy atom. The summed E-state index contributed by atoms with van der Waals surface area (Å²) in [7, 11) is -8.48. The van der Waals surface area contributed by atoms with Crippen molar-refractivity contribution >= 4 is 20.1 Å². The van der Waals surface area contributed by atoms with Crippen LogP contribution in [0.3, 0.4) is 0 Å². The van der Waals surface area contributed by atoms with Gasteiger partial charge in [0.1, 0.15) is 15.5 Å². The molecule has 0 atom stereocenters. The van der Waals surface area contributed by atoms with Crippen molar-refractivity contribution in [3.05, 3.63) is 84.2 Å². The van der Waals surface area contributed by atoms with E-state index in [0.717, 1.165) is 11.3 Å². The van der Waals surface area contributed by atoms with Gasteiger partial charge in [-0.05, 0) is 55.3 Å². The van der Waals surface area contributed by atoms with Crippen LogP contribution in [0, 0.1) is 6.92 Å². The number of nitrogens with zero attached hydrogens (tertiary/aromatic N) is 2. The number of aryl methyl sites for hydroxylation is 1. The van der Waals surface area contributed by atoms with Gasteiger partial charge in [-0.1, -0.05) is 37.3 Å². The van der Waals surface area contributed by atoms with E-state index in [1.54, 1.807) is 24.4 Å². The van der Waals surface area contributed by atoms with Gasteiger partial charge in [-0.3, -0.25) is 4.98 Å². The van der Waals surface area contributed by atoms with Crippen LogP contribution >= 0.6 is 0 Å². The Bertz CT molecular complexity index is 1260. The fraction of sp³-hybridized carbons (Fsp3) is 0.261. The van der Waals surface area contributed by atoms with Gasteiger partial charge in [0, 0.05) is 31.4 Å². The molecule has 2 aromatic carbocycles. The van der Waals surface area contributed by atoms with Crippen LogP contribution in [0.1, 0.15) is 24.6 Å². The maximum atomic E-state index is 13.5. The summed E-state index contributed by atoms with van der Waals surface area (Å²) in [5.41, 5.74) is 1.58. The van der Waals surface area contributed by atoms with Crippen LogP contribution in [-0.2, 0) is 26.6 Å². The lowest BCUT2D eigenvalue weighted by molar-refractivity contribution is 0.410. The molecule has 170 valence electrons. The monoisotopic (exact) mass is 474 g/mol. The summed E-state index contributed by atoms with van der Waals surface area (Å²) in [5, 5.41) is 0. The molecule has 0 unspecified atom stereocenters. The fourth-order valence-corrected chi connectivity index (χ4v) is 6.47. The largest absolute Gasteiger partial charge is 0.379 e. The molecule has 0 aliphatic rings. The summed E-state index contributed by atoms with van der Waals surface area (Å²) in [4.78, 5) is 3.55. The molecule has 0 aliphatic carbocycles. The van der Waals surface area contributed by atoms with Crippen molar-refractivity contribution in [2.24, 2.45) is 0 Å². The highest BCUT2D eigenvalue weighted by Crippen LogP contribution is 2.27. The molecule has 0 radical (unpaired) electrons. The van der Waals surface area contributed by atoms with Gasteiger partial charge in [-0.15, -0.1) is 0 Å². The van der Waals surface area contributed by atoms with E-state index in [9.17, 15) is 16.8 Å². The van der Waals surface area contributed by atoms with E-state index in [0.29, 0.717) is 12.8 Å². The van der Waals surface area contributed by atoms with Gasteiger partial charge in [0.25, 0.3) is 0 Å². The molecule has 0 amide bonds. The zero-order chi connectivity index (χ0) is 23.2. The second-order valence-corrected chi connectivity index (χ2v) is 10.7. The van der Waals surface area contributed by atoms with E-state index in [4.69, 9.17) is 4.18 Å². The molecule has 1 heterocycles. The molecule has 3 aromatic rings. The van der Waals surface area contributed by atoms with Gasteiger partial charge >= 0.3 is 10.1 Å². The molecule has 0 bridgehead atoms. The normalized spacial score (nSPS) is 12.1. The first-order valence-corrected chi connectivity index (χ1v) is 13.1. The third kappa shape index (κ3) is 5.73. The first-order chi connectivity index (χ1) is 15.2. The SMILES string of the molecule is CCCN(CCc1ccccn1)S(=O)(=O)c1ccccc1S(=O)(=O)Oc1cccc(C)c1. The number of hydrogen-bond donors (Lipinski definition) is 0. The van der Waals surface area contributed by atoms with Crippen LogP contribution in [-0.4, -0.2) is 39.2 Å². The van der Waals surface area contributed by atoms with Gasteiger partial charge in [0.05, 0.1) is 0 Å². The number of pyridine rings is 1. The molecular weight excluding hydrogens is 448 g/mol. The first kappa shape index (κ1) is 23.9. The lowest BCUT2D eigenvalue weighted by atomic mass is 10.2.